The Kier molecular flexibility index (Phi) is 8.99. The number of nitrogens with one attached hydrogen (secondary N) is 1. The number of rotatable bonds is 7. The molecule has 3 N–H and O–H groups in total. The van der Waals surface area contributed by atoms with Crippen LogP contribution in [0.2, 0.25) is 0 Å². The molecule has 1 aliphatic heterocycles. The van der Waals surface area contributed by atoms with Gasteiger partial charge in [0.05, 0.1) is 17.9 Å². The van der Waals surface area contributed by atoms with Crippen molar-refractivity contribution in [1.82, 2.24) is 39.5 Å². The summed E-state index contributed by atoms with van der Waals surface area (Å²) in [5.41, 5.74) is 13.2. The number of carbonyl (C=O) groups is 1. The summed E-state index contributed by atoms with van der Waals surface area (Å²) in [5.74, 6) is 1.92. The molecular formula is C34H39N9O2. The first-order valence-electron chi connectivity index (χ1n) is 15.3. The van der Waals surface area contributed by atoms with Crippen LogP contribution in [0, 0.1) is 0 Å². The fourth-order valence-corrected chi connectivity index (χ4v) is 6.04. The van der Waals surface area contributed by atoms with E-state index >= 15 is 0 Å². The molecule has 1 aromatic carbocycles. The van der Waals surface area contributed by atoms with Gasteiger partial charge in [0.15, 0.2) is 17.3 Å². The highest BCUT2D eigenvalue weighted by molar-refractivity contribution is 5.87. The Morgan fingerprint density at radius 1 is 1.11 bits per heavy atom. The van der Waals surface area contributed by atoms with Crippen molar-refractivity contribution in [2.45, 2.75) is 44.8 Å². The van der Waals surface area contributed by atoms with Crippen molar-refractivity contribution in [3.8, 4) is 22.9 Å². The minimum absolute atomic E-state index is 0.0598. The molecule has 11 nitrogen and oxygen atoms in total. The third-order valence-corrected chi connectivity index (χ3v) is 8.47. The Morgan fingerprint density at radius 3 is 2.69 bits per heavy atom. The number of hydrogen-bond acceptors (Lipinski definition) is 8. The Morgan fingerprint density at radius 2 is 1.93 bits per heavy atom. The summed E-state index contributed by atoms with van der Waals surface area (Å²) in [6.45, 7) is 5.63. The van der Waals surface area contributed by atoms with E-state index in [1.165, 1.54) is 23.6 Å². The van der Waals surface area contributed by atoms with Crippen LogP contribution in [0.4, 0.5) is 5.82 Å². The average Bonchev–Trinajstić information content (AvgIpc) is 3.83. The minimum Gasteiger partial charge on any atom is -0.383 e. The van der Waals surface area contributed by atoms with Crippen molar-refractivity contribution in [1.29, 1.82) is 0 Å². The van der Waals surface area contributed by atoms with E-state index in [0.29, 0.717) is 24.3 Å². The first kappa shape index (κ1) is 30.2. The van der Waals surface area contributed by atoms with E-state index < -0.39 is 0 Å². The Bertz CT molecular complexity index is 1820. The maximum atomic E-state index is 11.1. The van der Waals surface area contributed by atoms with Gasteiger partial charge >= 0.3 is 0 Å². The molecule has 5 aromatic rings. The molecule has 0 saturated carbocycles. The van der Waals surface area contributed by atoms with E-state index in [0.717, 1.165) is 72.7 Å². The van der Waals surface area contributed by atoms with Crippen LogP contribution in [0.25, 0.3) is 34.1 Å². The van der Waals surface area contributed by atoms with Gasteiger partial charge in [-0.1, -0.05) is 12.6 Å². The second-order valence-electron chi connectivity index (χ2n) is 11.3. The summed E-state index contributed by atoms with van der Waals surface area (Å²) in [4.78, 5) is 27.2. The van der Waals surface area contributed by atoms with Crippen molar-refractivity contribution in [3.63, 3.8) is 0 Å². The highest BCUT2D eigenvalue weighted by Crippen LogP contribution is 2.33. The number of benzene rings is 1. The largest absolute Gasteiger partial charge is 0.383 e. The molecule has 1 fully saturated rings. The van der Waals surface area contributed by atoms with Crippen LogP contribution in [-0.4, -0.2) is 73.4 Å². The van der Waals surface area contributed by atoms with E-state index in [-0.39, 0.29) is 5.91 Å². The Labute approximate surface area is 262 Å². The van der Waals surface area contributed by atoms with E-state index in [2.05, 4.69) is 44.7 Å². The number of aryl methyl sites for hydroxylation is 2. The minimum atomic E-state index is 0.0598. The molecular weight excluding hydrogens is 566 g/mol. The van der Waals surface area contributed by atoms with Crippen LogP contribution in [0.15, 0.2) is 73.6 Å². The van der Waals surface area contributed by atoms with Crippen molar-refractivity contribution < 1.29 is 9.53 Å². The molecule has 7 rings (SSSR count). The second-order valence-corrected chi connectivity index (χ2v) is 11.3. The molecule has 0 bridgehead atoms. The van der Waals surface area contributed by atoms with Crippen molar-refractivity contribution >= 4 is 22.9 Å². The maximum absolute atomic E-state index is 11.1. The first-order valence-corrected chi connectivity index (χ1v) is 15.3. The standard InChI is InChI=1S/C25H23N7O.C9H16N2O/c1-33-15-18-11-13-31(30-18)22-10-9-21-25(29-22)32(19-8-7-16-4-2-5-17(16)14-19)24(28-21)20-6-3-12-27-23(20)26;1-3-9(12)11-6-4-8(10-2)5-7-11/h3,6-14H,2,4-5,15H2,1H3,(H2,26,27);3,8,10H,1,4-7H2,2H3. The van der Waals surface area contributed by atoms with Crippen LogP contribution in [-0.2, 0) is 29.0 Å². The number of fused-ring (bicyclic) bond motifs is 2. The lowest BCUT2D eigenvalue weighted by Crippen LogP contribution is -2.43. The molecule has 0 radical (unpaired) electrons. The molecule has 232 valence electrons. The number of amides is 1. The van der Waals surface area contributed by atoms with Gasteiger partial charge in [-0.3, -0.25) is 9.36 Å². The number of carbonyl (C=O) groups excluding carboxylic acids is 1. The molecule has 0 atom stereocenters. The third-order valence-electron chi connectivity index (χ3n) is 8.47. The number of anilines is 1. The SMILES string of the molecule is C=CC(=O)N1CCC(NC)CC1.COCc1ccn(-c2ccc3nc(-c4cccnc4N)n(-c4ccc5c(c4)CCC5)c3n2)n1. The number of nitrogen functional groups attached to an aromatic ring is 1. The number of nitrogens with two attached hydrogens (primary N) is 1. The number of hydrogen-bond donors (Lipinski definition) is 2. The van der Waals surface area contributed by atoms with Crippen molar-refractivity contribution in [3.05, 3.63) is 90.4 Å². The number of methoxy groups -OCH3 is 1. The van der Waals surface area contributed by atoms with E-state index in [9.17, 15) is 4.79 Å². The Hall–Kier alpha value is -4.87. The third kappa shape index (κ3) is 6.36. The average molecular weight is 606 g/mol. The Balaban J connectivity index is 0.000000252. The topological polar surface area (TPSA) is 129 Å². The lowest BCUT2D eigenvalue weighted by molar-refractivity contribution is -0.127. The molecule has 1 aliphatic carbocycles. The molecule has 11 heteroatoms. The molecule has 4 aromatic heterocycles. The van der Waals surface area contributed by atoms with Gasteiger partial charge in [-0.15, -0.1) is 0 Å². The van der Waals surface area contributed by atoms with Gasteiger partial charge in [-0.25, -0.2) is 19.6 Å². The first-order chi connectivity index (χ1) is 22.0. The monoisotopic (exact) mass is 605 g/mol. The quantitative estimate of drug-likeness (QED) is 0.263. The maximum Gasteiger partial charge on any atom is 0.245 e. The van der Waals surface area contributed by atoms with E-state index in [4.69, 9.17) is 20.4 Å². The van der Waals surface area contributed by atoms with Crippen LogP contribution < -0.4 is 11.1 Å². The van der Waals surface area contributed by atoms with Gasteiger partial charge in [0, 0.05) is 44.3 Å². The van der Waals surface area contributed by atoms with Crippen LogP contribution in [0.5, 0.6) is 0 Å². The van der Waals surface area contributed by atoms with Gasteiger partial charge in [0.25, 0.3) is 0 Å². The smallest absolute Gasteiger partial charge is 0.245 e. The number of imidazole rings is 1. The zero-order valence-electron chi connectivity index (χ0n) is 25.8. The molecule has 5 heterocycles. The number of pyridine rings is 2. The number of aromatic nitrogens is 6. The zero-order valence-corrected chi connectivity index (χ0v) is 25.8. The summed E-state index contributed by atoms with van der Waals surface area (Å²) in [5, 5.41) is 7.79. The molecule has 2 aliphatic rings. The van der Waals surface area contributed by atoms with Crippen molar-refractivity contribution in [2.75, 3.05) is 33.0 Å². The molecule has 1 saturated heterocycles. The normalized spacial score (nSPS) is 14.7. The predicted molar refractivity (Wildman–Crippen MR) is 175 cm³/mol. The number of piperidine rings is 1. The van der Waals surface area contributed by atoms with Crippen LogP contribution in [0.3, 0.4) is 0 Å². The lowest BCUT2D eigenvalue weighted by atomic mass is 10.1. The van der Waals surface area contributed by atoms with Gasteiger partial charge < -0.3 is 20.7 Å². The summed E-state index contributed by atoms with van der Waals surface area (Å²) < 4.78 is 9.03. The number of nitrogens with zero attached hydrogens (tertiary/aromatic N) is 7. The molecule has 0 unspecified atom stereocenters. The predicted octanol–water partition coefficient (Wildman–Crippen LogP) is 4.27. The van der Waals surface area contributed by atoms with Crippen LogP contribution in [0.1, 0.15) is 36.1 Å². The number of ether oxygens (including phenoxy) is 1. The van der Waals surface area contributed by atoms with Crippen molar-refractivity contribution in [2.24, 2.45) is 0 Å². The fourth-order valence-electron chi connectivity index (χ4n) is 6.04. The van der Waals surface area contributed by atoms with Gasteiger partial charge in [-0.2, -0.15) is 5.10 Å². The van der Waals surface area contributed by atoms with Gasteiger partial charge in [0.1, 0.15) is 11.3 Å². The summed E-state index contributed by atoms with van der Waals surface area (Å²) in [6, 6.07) is 16.8. The van der Waals surface area contributed by atoms with Crippen LogP contribution >= 0.6 is 0 Å². The fraction of sp³-hybridized carbons (Fsp3) is 0.324. The highest BCUT2D eigenvalue weighted by atomic mass is 16.5. The van der Waals surface area contributed by atoms with E-state index in [1.807, 2.05) is 48.5 Å². The van der Waals surface area contributed by atoms with E-state index in [1.54, 1.807) is 18.0 Å². The summed E-state index contributed by atoms with van der Waals surface area (Å²) in [6.07, 6.45) is 10.5. The molecule has 0 spiro atoms. The molecule has 45 heavy (non-hydrogen) atoms. The zero-order chi connectivity index (χ0) is 31.3. The lowest BCUT2D eigenvalue weighted by Gasteiger charge is -2.30. The molecule has 1 amide bonds. The highest BCUT2D eigenvalue weighted by Gasteiger charge is 2.21. The number of likely N-dealkylation sites (tertiary alicyclic amines) is 1. The van der Waals surface area contributed by atoms with Gasteiger partial charge in [0.2, 0.25) is 5.91 Å². The summed E-state index contributed by atoms with van der Waals surface area (Å²) in [7, 11) is 3.62. The van der Waals surface area contributed by atoms with Gasteiger partial charge in [-0.05, 0) is 98.8 Å². The summed E-state index contributed by atoms with van der Waals surface area (Å²) >= 11 is 0. The second kappa shape index (κ2) is 13.4.